The van der Waals surface area contributed by atoms with Crippen LogP contribution in [-0.4, -0.2) is 12.5 Å². The van der Waals surface area contributed by atoms with Crippen LogP contribution in [-0.2, 0) is 0 Å². The Morgan fingerprint density at radius 1 is 1.33 bits per heavy atom. The highest BCUT2D eigenvalue weighted by Gasteiger charge is 2.09. The average Bonchev–Trinajstić information content (AvgIpc) is 2.92. The lowest BCUT2D eigenvalue weighted by Gasteiger charge is -2.14. The lowest BCUT2D eigenvalue weighted by Crippen LogP contribution is -2.23. The van der Waals surface area contributed by atoms with Crippen LogP contribution < -0.4 is 10.6 Å². The molecule has 1 atom stereocenters. The minimum Gasteiger partial charge on any atom is -0.378 e. The number of carbonyl (C=O) groups is 1. The Kier molecular flexibility index (Phi) is 5.59. The topological polar surface area (TPSA) is 41.1 Å². The first-order valence-electron chi connectivity index (χ1n) is 6.61. The molecule has 5 heteroatoms. The molecule has 0 radical (unpaired) electrons. The second kappa shape index (κ2) is 7.43. The molecule has 1 heterocycles. The predicted molar refractivity (Wildman–Crippen MR) is 93.0 cm³/mol. The Bertz CT molecular complexity index is 621. The monoisotopic (exact) mass is 364 g/mol. The second-order valence-electron chi connectivity index (χ2n) is 4.58. The molecule has 1 unspecified atom stereocenters. The van der Waals surface area contributed by atoms with E-state index in [1.165, 1.54) is 4.88 Å². The van der Waals surface area contributed by atoms with Crippen LogP contribution in [0.3, 0.4) is 0 Å². The highest BCUT2D eigenvalue weighted by molar-refractivity contribution is 9.11. The van der Waals surface area contributed by atoms with Gasteiger partial charge in [0.1, 0.15) is 0 Å². The van der Waals surface area contributed by atoms with Crippen LogP contribution >= 0.6 is 27.3 Å². The minimum atomic E-state index is -0.0864. The summed E-state index contributed by atoms with van der Waals surface area (Å²) in [6.07, 6.45) is 1.66. The molecule has 0 aliphatic carbocycles. The van der Waals surface area contributed by atoms with Crippen LogP contribution in [0, 0.1) is 0 Å². The fraction of sp³-hybridized carbons (Fsp3) is 0.188. The quantitative estimate of drug-likeness (QED) is 0.735. The molecule has 0 fully saturated rings. The molecule has 0 saturated carbocycles. The van der Waals surface area contributed by atoms with Gasteiger partial charge in [-0.1, -0.05) is 6.08 Å². The van der Waals surface area contributed by atoms with Gasteiger partial charge in [0, 0.05) is 22.7 Å². The van der Waals surface area contributed by atoms with Crippen molar-refractivity contribution in [1.29, 1.82) is 0 Å². The van der Waals surface area contributed by atoms with E-state index < -0.39 is 0 Å². The molecule has 2 N–H and O–H groups in total. The van der Waals surface area contributed by atoms with E-state index in [0.29, 0.717) is 12.1 Å². The van der Waals surface area contributed by atoms with Crippen LogP contribution in [0.15, 0.2) is 52.8 Å². The van der Waals surface area contributed by atoms with Gasteiger partial charge < -0.3 is 10.6 Å². The van der Waals surface area contributed by atoms with E-state index in [2.05, 4.69) is 46.1 Å². The zero-order valence-electron chi connectivity index (χ0n) is 11.7. The van der Waals surface area contributed by atoms with Crippen molar-refractivity contribution in [2.45, 2.75) is 13.0 Å². The van der Waals surface area contributed by atoms with Gasteiger partial charge in [0.05, 0.1) is 9.83 Å². The largest absolute Gasteiger partial charge is 0.378 e. The van der Waals surface area contributed by atoms with Gasteiger partial charge in [0.15, 0.2) is 0 Å². The third kappa shape index (κ3) is 4.44. The van der Waals surface area contributed by atoms with Crippen molar-refractivity contribution < 1.29 is 4.79 Å². The van der Waals surface area contributed by atoms with Gasteiger partial charge in [-0.05, 0) is 59.3 Å². The summed E-state index contributed by atoms with van der Waals surface area (Å²) in [5, 5.41) is 6.18. The van der Waals surface area contributed by atoms with Crippen LogP contribution in [0.5, 0.6) is 0 Å². The van der Waals surface area contributed by atoms with Gasteiger partial charge in [-0.15, -0.1) is 17.9 Å². The third-order valence-electron chi connectivity index (χ3n) is 2.96. The van der Waals surface area contributed by atoms with Crippen LogP contribution in [0.25, 0.3) is 0 Å². The van der Waals surface area contributed by atoms with Gasteiger partial charge in [0.25, 0.3) is 5.91 Å². The average molecular weight is 365 g/mol. The van der Waals surface area contributed by atoms with E-state index >= 15 is 0 Å². The zero-order chi connectivity index (χ0) is 15.2. The molecule has 0 aliphatic rings. The predicted octanol–water partition coefficient (Wildman–Crippen LogP) is 4.60. The smallest absolute Gasteiger partial charge is 0.251 e. The molecule has 110 valence electrons. The molecule has 21 heavy (non-hydrogen) atoms. The molecular weight excluding hydrogens is 348 g/mol. The standard InChI is InChI=1S/C16H17BrN2OS/c1-3-10-18-16(20)12-4-6-13(7-5-12)19-11(2)14-8-9-15(17)21-14/h3-9,11,19H,1,10H2,2H3,(H,18,20). The summed E-state index contributed by atoms with van der Waals surface area (Å²) in [5.41, 5.74) is 1.64. The van der Waals surface area contributed by atoms with E-state index in [1.807, 2.05) is 30.3 Å². The number of hydrogen-bond acceptors (Lipinski definition) is 3. The molecule has 1 aromatic carbocycles. The Morgan fingerprint density at radius 2 is 2.05 bits per heavy atom. The van der Waals surface area contributed by atoms with E-state index in [4.69, 9.17) is 0 Å². The Labute approximate surface area is 137 Å². The van der Waals surface area contributed by atoms with Crippen molar-refractivity contribution >= 4 is 38.9 Å². The number of halogens is 1. The molecule has 1 amide bonds. The first kappa shape index (κ1) is 15.8. The van der Waals surface area contributed by atoms with Crippen molar-refractivity contribution in [2.24, 2.45) is 0 Å². The highest BCUT2D eigenvalue weighted by Crippen LogP contribution is 2.29. The first-order valence-corrected chi connectivity index (χ1v) is 8.22. The third-order valence-corrected chi connectivity index (χ3v) is 4.76. The van der Waals surface area contributed by atoms with Gasteiger partial charge in [-0.2, -0.15) is 0 Å². The summed E-state index contributed by atoms with van der Waals surface area (Å²) >= 11 is 5.18. The van der Waals surface area contributed by atoms with Crippen LogP contribution in [0.2, 0.25) is 0 Å². The highest BCUT2D eigenvalue weighted by atomic mass is 79.9. The first-order chi connectivity index (χ1) is 10.1. The molecule has 3 nitrogen and oxygen atoms in total. The van der Waals surface area contributed by atoms with E-state index in [1.54, 1.807) is 17.4 Å². The van der Waals surface area contributed by atoms with Crippen molar-refractivity contribution in [2.75, 3.05) is 11.9 Å². The molecular formula is C16H17BrN2OS. The van der Waals surface area contributed by atoms with Gasteiger partial charge in [0.2, 0.25) is 0 Å². The Morgan fingerprint density at radius 3 is 2.62 bits per heavy atom. The fourth-order valence-electron chi connectivity index (χ4n) is 1.87. The van der Waals surface area contributed by atoms with Gasteiger partial charge in [-0.3, -0.25) is 4.79 Å². The lowest BCUT2D eigenvalue weighted by molar-refractivity contribution is 0.0958. The number of carbonyl (C=O) groups excluding carboxylic acids is 1. The number of anilines is 1. The van der Waals surface area contributed by atoms with Crippen LogP contribution in [0.1, 0.15) is 28.2 Å². The maximum Gasteiger partial charge on any atom is 0.251 e. The number of thiophene rings is 1. The lowest BCUT2D eigenvalue weighted by atomic mass is 10.1. The zero-order valence-corrected chi connectivity index (χ0v) is 14.1. The molecule has 0 aliphatic heterocycles. The molecule has 0 spiro atoms. The number of benzene rings is 1. The summed E-state index contributed by atoms with van der Waals surface area (Å²) in [6, 6.07) is 11.8. The minimum absolute atomic E-state index is 0.0864. The Balaban J connectivity index is 1.99. The van der Waals surface area contributed by atoms with E-state index in [9.17, 15) is 4.79 Å². The van der Waals surface area contributed by atoms with Crippen LogP contribution in [0.4, 0.5) is 5.69 Å². The molecule has 1 aromatic heterocycles. The molecule has 2 aromatic rings. The SMILES string of the molecule is C=CCNC(=O)c1ccc(NC(C)c2ccc(Br)s2)cc1. The normalized spacial score (nSPS) is 11.7. The van der Waals surface area contributed by atoms with Crippen molar-refractivity contribution in [3.8, 4) is 0 Å². The molecule has 0 saturated heterocycles. The Hall–Kier alpha value is -1.59. The maximum absolute atomic E-state index is 11.8. The summed E-state index contributed by atoms with van der Waals surface area (Å²) < 4.78 is 1.13. The number of amides is 1. The van der Waals surface area contributed by atoms with Crippen molar-refractivity contribution in [1.82, 2.24) is 5.32 Å². The molecule has 2 rings (SSSR count). The van der Waals surface area contributed by atoms with Gasteiger partial charge >= 0.3 is 0 Å². The number of rotatable bonds is 6. The fourth-order valence-corrected chi connectivity index (χ4v) is 3.29. The molecule has 0 bridgehead atoms. The van der Waals surface area contributed by atoms with E-state index in [-0.39, 0.29) is 11.9 Å². The number of hydrogen-bond donors (Lipinski definition) is 2. The van der Waals surface area contributed by atoms with Crippen molar-refractivity contribution in [3.63, 3.8) is 0 Å². The second-order valence-corrected chi connectivity index (χ2v) is 7.08. The number of nitrogens with one attached hydrogen (secondary N) is 2. The summed E-state index contributed by atoms with van der Waals surface area (Å²) in [6.45, 7) is 6.17. The summed E-state index contributed by atoms with van der Waals surface area (Å²) in [4.78, 5) is 13.0. The summed E-state index contributed by atoms with van der Waals surface area (Å²) in [5.74, 6) is -0.0864. The van der Waals surface area contributed by atoms with Crippen molar-refractivity contribution in [3.05, 3.63) is 63.3 Å². The maximum atomic E-state index is 11.8. The van der Waals surface area contributed by atoms with E-state index in [0.717, 1.165) is 9.47 Å². The van der Waals surface area contributed by atoms with Gasteiger partial charge in [-0.25, -0.2) is 0 Å². The summed E-state index contributed by atoms with van der Waals surface area (Å²) in [7, 11) is 0.